The van der Waals surface area contributed by atoms with Crippen molar-refractivity contribution in [1.29, 1.82) is 0 Å². The van der Waals surface area contributed by atoms with Crippen LogP contribution < -0.4 is 0 Å². The van der Waals surface area contributed by atoms with E-state index < -0.39 is 0 Å². The van der Waals surface area contributed by atoms with Crippen molar-refractivity contribution in [2.24, 2.45) is 5.92 Å². The zero-order valence-corrected chi connectivity index (χ0v) is 11.0. The summed E-state index contributed by atoms with van der Waals surface area (Å²) < 4.78 is 13.6. The Hall–Kier alpha value is -1.11. The lowest BCUT2D eigenvalue weighted by Crippen LogP contribution is -1.98. The molecule has 0 N–H and O–H groups in total. The van der Waals surface area contributed by atoms with E-state index in [0.717, 1.165) is 30.4 Å². The first-order valence-electron chi connectivity index (χ1n) is 6.55. The van der Waals surface area contributed by atoms with Crippen molar-refractivity contribution >= 4 is 0 Å². The molecule has 0 aliphatic rings. The molecule has 0 aliphatic heterocycles. The van der Waals surface area contributed by atoms with Crippen LogP contribution >= 0.6 is 0 Å². The van der Waals surface area contributed by atoms with Crippen LogP contribution in [0.25, 0.3) is 0 Å². The van der Waals surface area contributed by atoms with Gasteiger partial charge in [-0.25, -0.2) is 4.39 Å². The maximum atomic E-state index is 13.6. The fraction of sp³-hybridized carbons (Fsp3) is 0.500. The molecule has 0 heterocycles. The minimum Gasteiger partial charge on any atom is -0.207 e. The highest BCUT2D eigenvalue weighted by Crippen LogP contribution is 2.18. The summed E-state index contributed by atoms with van der Waals surface area (Å²) in [6.07, 6.45) is 7.41. The molecule has 1 atom stereocenters. The summed E-state index contributed by atoms with van der Waals surface area (Å²) >= 11 is 0. The van der Waals surface area contributed by atoms with Gasteiger partial charge in [0, 0.05) is 0 Å². The molecule has 0 radical (unpaired) electrons. The van der Waals surface area contributed by atoms with E-state index in [1.54, 1.807) is 6.07 Å². The van der Waals surface area contributed by atoms with Gasteiger partial charge < -0.3 is 0 Å². The monoisotopic (exact) mass is 234 g/mol. The standard InChI is InChI=1S/C16H23F/c1-4-7-14(5-2)8-6-9-15-11-10-13(3)12-16(15)17/h5,10-12,14H,2,4,6-9H2,1,3H3. The summed E-state index contributed by atoms with van der Waals surface area (Å²) in [6.45, 7) is 7.97. The van der Waals surface area contributed by atoms with Crippen LogP contribution in [0.3, 0.4) is 0 Å². The third-order valence-electron chi connectivity index (χ3n) is 3.22. The van der Waals surface area contributed by atoms with Gasteiger partial charge in [-0.05, 0) is 55.7 Å². The Morgan fingerprint density at radius 3 is 2.71 bits per heavy atom. The van der Waals surface area contributed by atoms with Crippen LogP contribution in [0.5, 0.6) is 0 Å². The number of benzene rings is 1. The molecule has 17 heavy (non-hydrogen) atoms. The van der Waals surface area contributed by atoms with E-state index >= 15 is 0 Å². The highest BCUT2D eigenvalue weighted by atomic mass is 19.1. The van der Waals surface area contributed by atoms with Crippen LogP contribution in [0.2, 0.25) is 0 Å². The van der Waals surface area contributed by atoms with Crippen molar-refractivity contribution in [3.8, 4) is 0 Å². The lowest BCUT2D eigenvalue weighted by Gasteiger charge is -2.11. The number of aryl methyl sites for hydroxylation is 2. The Morgan fingerprint density at radius 1 is 1.35 bits per heavy atom. The first-order chi connectivity index (χ1) is 8.17. The maximum absolute atomic E-state index is 13.6. The molecule has 1 rings (SSSR count). The lowest BCUT2D eigenvalue weighted by molar-refractivity contribution is 0.511. The predicted molar refractivity (Wildman–Crippen MR) is 72.7 cm³/mol. The second-order valence-corrected chi connectivity index (χ2v) is 4.77. The van der Waals surface area contributed by atoms with Gasteiger partial charge in [-0.15, -0.1) is 6.58 Å². The van der Waals surface area contributed by atoms with Crippen LogP contribution in [0.4, 0.5) is 4.39 Å². The van der Waals surface area contributed by atoms with Gasteiger partial charge >= 0.3 is 0 Å². The maximum Gasteiger partial charge on any atom is 0.126 e. The average Bonchev–Trinajstić information content (AvgIpc) is 2.30. The number of halogens is 1. The van der Waals surface area contributed by atoms with E-state index in [1.807, 2.05) is 25.1 Å². The molecule has 0 saturated heterocycles. The van der Waals surface area contributed by atoms with Gasteiger partial charge in [0.25, 0.3) is 0 Å². The van der Waals surface area contributed by atoms with Crippen LogP contribution in [-0.2, 0) is 6.42 Å². The molecule has 0 amide bonds. The second-order valence-electron chi connectivity index (χ2n) is 4.77. The minimum absolute atomic E-state index is 0.0596. The fourth-order valence-corrected chi connectivity index (χ4v) is 2.16. The molecule has 0 fully saturated rings. The van der Waals surface area contributed by atoms with Crippen LogP contribution in [0.15, 0.2) is 30.9 Å². The molecule has 0 aromatic heterocycles. The van der Waals surface area contributed by atoms with E-state index in [1.165, 1.54) is 12.8 Å². The lowest BCUT2D eigenvalue weighted by atomic mass is 9.95. The number of hydrogen-bond donors (Lipinski definition) is 0. The van der Waals surface area contributed by atoms with Crippen molar-refractivity contribution < 1.29 is 4.39 Å². The van der Waals surface area contributed by atoms with E-state index in [-0.39, 0.29) is 5.82 Å². The van der Waals surface area contributed by atoms with E-state index in [9.17, 15) is 4.39 Å². The quantitative estimate of drug-likeness (QED) is 0.578. The van der Waals surface area contributed by atoms with Gasteiger partial charge in [0.15, 0.2) is 0 Å². The Morgan fingerprint density at radius 2 is 2.12 bits per heavy atom. The summed E-state index contributed by atoms with van der Waals surface area (Å²) in [5.74, 6) is 0.532. The van der Waals surface area contributed by atoms with Crippen molar-refractivity contribution in [3.05, 3.63) is 47.8 Å². The summed E-state index contributed by atoms with van der Waals surface area (Å²) in [6, 6.07) is 5.51. The third kappa shape index (κ3) is 4.72. The van der Waals surface area contributed by atoms with Crippen molar-refractivity contribution in [2.75, 3.05) is 0 Å². The average molecular weight is 234 g/mol. The summed E-state index contributed by atoms with van der Waals surface area (Å²) in [5.41, 5.74) is 1.83. The minimum atomic E-state index is -0.0596. The second kappa shape index (κ2) is 7.26. The summed E-state index contributed by atoms with van der Waals surface area (Å²) in [5, 5.41) is 0. The van der Waals surface area contributed by atoms with Gasteiger partial charge in [-0.2, -0.15) is 0 Å². The van der Waals surface area contributed by atoms with Crippen LogP contribution in [0, 0.1) is 18.7 Å². The van der Waals surface area contributed by atoms with Gasteiger partial charge in [-0.3, -0.25) is 0 Å². The SMILES string of the molecule is C=CC(CCC)CCCc1ccc(C)cc1F. The Kier molecular flexibility index (Phi) is 5.96. The zero-order valence-electron chi connectivity index (χ0n) is 11.0. The molecule has 0 saturated carbocycles. The molecule has 1 aromatic rings. The summed E-state index contributed by atoms with van der Waals surface area (Å²) in [7, 11) is 0. The first-order valence-corrected chi connectivity index (χ1v) is 6.55. The zero-order chi connectivity index (χ0) is 12.7. The fourth-order valence-electron chi connectivity index (χ4n) is 2.16. The largest absolute Gasteiger partial charge is 0.207 e. The van der Waals surface area contributed by atoms with Gasteiger partial charge in [0.05, 0.1) is 0 Å². The molecule has 1 heteroatoms. The van der Waals surface area contributed by atoms with E-state index in [0.29, 0.717) is 5.92 Å². The highest BCUT2D eigenvalue weighted by molar-refractivity contribution is 5.23. The topological polar surface area (TPSA) is 0 Å². The highest BCUT2D eigenvalue weighted by Gasteiger charge is 2.05. The Labute approximate surface area is 105 Å². The van der Waals surface area contributed by atoms with E-state index in [2.05, 4.69) is 13.5 Å². The first kappa shape index (κ1) is 14.0. The van der Waals surface area contributed by atoms with Crippen molar-refractivity contribution in [2.45, 2.75) is 46.0 Å². The van der Waals surface area contributed by atoms with Crippen molar-refractivity contribution in [1.82, 2.24) is 0 Å². The molecule has 94 valence electrons. The van der Waals surface area contributed by atoms with Crippen molar-refractivity contribution in [3.63, 3.8) is 0 Å². The Balaban J connectivity index is 2.42. The normalized spacial score (nSPS) is 12.4. The summed E-state index contributed by atoms with van der Waals surface area (Å²) in [4.78, 5) is 0. The van der Waals surface area contributed by atoms with Gasteiger partial charge in [-0.1, -0.05) is 31.6 Å². The smallest absolute Gasteiger partial charge is 0.126 e. The number of hydrogen-bond acceptors (Lipinski definition) is 0. The Bertz CT molecular complexity index is 355. The molecule has 1 unspecified atom stereocenters. The molecule has 0 bridgehead atoms. The molecule has 1 aromatic carbocycles. The van der Waals surface area contributed by atoms with Crippen LogP contribution in [-0.4, -0.2) is 0 Å². The number of allylic oxidation sites excluding steroid dienone is 1. The van der Waals surface area contributed by atoms with Gasteiger partial charge in [0.1, 0.15) is 5.82 Å². The molecular formula is C16H23F. The molecular weight excluding hydrogens is 211 g/mol. The third-order valence-corrected chi connectivity index (χ3v) is 3.22. The molecule has 0 nitrogen and oxygen atoms in total. The van der Waals surface area contributed by atoms with E-state index in [4.69, 9.17) is 0 Å². The predicted octanol–water partition coefficient (Wildman–Crippen LogP) is 5.06. The molecule has 0 spiro atoms. The molecule has 0 aliphatic carbocycles. The number of rotatable bonds is 7. The van der Waals surface area contributed by atoms with Crippen LogP contribution in [0.1, 0.15) is 43.7 Å². The van der Waals surface area contributed by atoms with Gasteiger partial charge in [0.2, 0.25) is 0 Å².